The molecule has 6 nitrogen and oxygen atoms in total. The summed E-state index contributed by atoms with van der Waals surface area (Å²) in [5.41, 5.74) is 6.55. The summed E-state index contributed by atoms with van der Waals surface area (Å²) in [4.78, 5) is 38.8. The first kappa shape index (κ1) is 17.5. The predicted octanol–water partition coefficient (Wildman–Crippen LogP) is 1.27. The number of ketones is 1. The molecule has 1 unspecified atom stereocenters. The van der Waals surface area contributed by atoms with Crippen LogP contribution in [0.1, 0.15) is 48.4 Å². The Balaban J connectivity index is 1.80. The Morgan fingerprint density at radius 1 is 1.12 bits per heavy atom. The molecule has 0 aliphatic carbocycles. The van der Waals surface area contributed by atoms with Gasteiger partial charge in [0.1, 0.15) is 0 Å². The summed E-state index contributed by atoms with van der Waals surface area (Å²) in [6.45, 7) is 7.66. The molecule has 2 aliphatic heterocycles. The molecule has 2 heterocycles. The molecular weight excluding hydrogens is 318 g/mol. The molecular formula is C19H23N3O3. The second kappa shape index (κ2) is 5.61. The van der Waals surface area contributed by atoms with Crippen molar-refractivity contribution in [2.24, 2.45) is 5.73 Å². The average molecular weight is 341 g/mol. The summed E-state index contributed by atoms with van der Waals surface area (Å²) >= 11 is 0. The van der Waals surface area contributed by atoms with Gasteiger partial charge in [-0.1, -0.05) is 18.2 Å². The van der Waals surface area contributed by atoms with Crippen molar-refractivity contribution in [3.63, 3.8) is 0 Å². The highest BCUT2D eigenvalue weighted by molar-refractivity contribution is 6.21. The number of hydrogen-bond donors (Lipinski definition) is 2. The van der Waals surface area contributed by atoms with Gasteiger partial charge in [0.25, 0.3) is 11.8 Å². The van der Waals surface area contributed by atoms with Crippen molar-refractivity contribution in [3.8, 4) is 0 Å². The maximum absolute atomic E-state index is 12.8. The van der Waals surface area contributed by atoms with Crippen LogP contribution in [-0.4, -0.2) is 46.2 Å². The predicted molar refractivity (Wildman–Crippen MR) is 94.2 cm³/mol. The molecule has 132 valence electrons. The smallest absolute Gasteiger partial charge is 0.261 e. The fourth-order valence-electron chi connectivity index (χ4n) is 3.71. The van der Waals surface area contributed by atoms with E-state index in [1.807, 2.05) is 33.8 Å². The Morgan fingerprint density at radius 2 is 1.64 bits per heavy atom. The molecule has 1 atom stereocenters. The van der Waals surface area contributed by atoms with E-state index in [9.17, 15) is 14.4 Å². The van der Waals surface area contributed by atoms with E-state index in [0.29, 0.717) is 16.7 Å². The molecule has 0 fully saturated rings. The highest BCUT2D eigenvalue weighted by Crippen LogP contribution is 2.31. The Bertz CT molecular complexity index is 773. The van der Waals surface area contributed by atoms with Gasteiger partial charge in [0, 0.05) is 16.7 Å². The zero-order valence-corrected chi connectivity index (χ0v) is 14.9. The van der Waals surface area contributed by atoms with Gasteiger partial charge < -0.3 is 5.73 Å². The quantitative estimate of drug-likeness (QED) is 0.805. The van der Waals surface area contributed by atoms with Crippen molar-refractivity contribution in [1.82, 2.24) is 10.2 Å². The van der Waals surface area contributed by atoms with E-state index >= 15 is 0 Å². The van der Waals surface area contributed by atoms with Crippen LogP contribution in [-0.2, 0) is 4.79 Å². The molecule has 0 saturated carbocycles. The van der Waals surface area contributed by atoms with Crippen LogP contribution in [0.3, 0.4) is 0 Å². The van der Waals surface area contributed by atoms with Crippen molar-refractivity contribution >= 4 is 17.6 Å². The van der Waals surface area contributed by atoms with Gasteiger partial charge in [0.05, 0.1) is 23.7 Å². The molecule has 1 aromatic rings. The van der Waals surface area contributed by atoms with Gasteiger partial charge in [-0.15, -0.1) is 0 Å². The average Bonchev–Trinajstić information content (AvgIpc) is 2.90. The van der Waals surface area contributed by atoms with Crippen LogP contribution in [0, 0.1) is 0 Å². The molecule has 25 heavy (non-hydrogen) atoms. The van der Waals surface area contributed by atoms with E-state index in [4.69, 9.17) is 5.73 Å². The Hall–Kier alpha value is -2.31. The number of Topliss-reactive ketones (excluding diaryl/α,β-unsaturated/α-hetero) is 1. The van der Waals surface area contributed by atoms with Crippen LogP contribution in [0.4, 0.5) is 0 Å². The van der Waals surface area contributed by atoms with E-state index in [0.717, 1.165) is 4.90 Å². The van der Waals surface area contributed by atoms with Crippen molar-refractivity contribution < 1.29 is 14.4 Å². The molecule has 0 bridgehead atoms. The molecule has 2 aliphatic rings. The summed E-state index contributed by atoms with van der Waals surface area (Å²) in [5, 5.41) is 3.36. The minimum atomic E-state index is -0.955. The number of rotatable bonds is 4. The second-order valence-electron chi connectivity index (χ2n) is 7.77. The zero-order chi connectivity index (χ0) is 18.6. The summed E-state index contributed by atoms with van der Waals surface area (Å²) in [6.07, 6.45) is 1.87. The Labute approximate surface area is 147 Å². The van der Waals surface area contributed by atoms with Gasteiger partial charge in [-0.05, 0) is 39.8 Å². The maximum atomic E-state index is 12.8. The number of benzene rings is 1. The molecule has 0 saturated heterocycles. The number of carbonyl (C=O) groups excluding carboxylic acids is 3. The first-order valence-electron chi connectivity index (χ1n) is 8.31. The third-order valence-corrected chi connectivity index (χ3v) is 4.67. The number of carbonyl (C=O) groups is 3. The summed E-state index contributed by atoms with van der Waals surface area (Å²) < 4.78 is 0. The van der Waals surface area contributed by atoms with Gasteiger partial charge in [-0.3, -0.25) is 24.6 Å². The highest BCUT2D eigenvalue weighted by Gasteiger charge is 2.43. The monoisotopic (exact) mass is 341 g/mol. The fraction of sp³-hybridized carbons (Fsp3) is 0.421. The number of nitrogens with one attached hydrogen (secondary N) is 1. The van der Waals surface area contributed by atoms with Gasteiger partial charge >= 0.3 is 0 Å². The van der Waals surface area contributed by atoms with Crippen molar-refractivity contribution in [2.75, 3.05) is 6.54 Å². The summed E-state index contributed by atoms with van der Waals surface area (Å²) in [5.74, 6) is -1.05. The molecule has 6 heteroatoms. The van der Waals surface area contributed by atoms with Crippen molar-refractivity contribution in [2.45, 2.75) is 44.8 Å². The van der Waals surface area contributed by atoms with Crippen LogP contribution in [0.15, 0.2) is 35.9 Å². The van der Waals surface area contributed by atoms with Gasteiger partial charge in [0.15, 0.2) is 5.78 Å². The van der Waals surface area contributed by atoms with Crippen LogP contribution in [0.5, 0.6) is 0 Å². The number of amides is 2. The first-order valence-corrected chi connectivity index (χ1v) is 8.31. The van der Waals surface area contributed by atoms with Crippen LogP contribution >= 0.6 is 0 Å². The van der Waals surface area contributed by atoms with Crippen LogP contribution < -0.4 is 11.1 Å². The summed E-state index contributed by atoms with van der Waals surface area (Å²) in [6, 6.07) is 5.68. The highest BCUT2D eigenvalue weighted by atomic mass is 16.2. The first-order chi connectivity index (χ1) is 11.5. The second-order valence-corrected chi connectivity index (χ2v) is 7.77. The van der Waals surface area contributed by atoms with Crippen molar-refractivity contribution in [3.05, 3.63) is 47.0 Å². The minimum absolute atomic E-state index is 0.126. The Morgan fingerprint density at radius 3 is 2.08 bits per heavy atom. The standard InChI is InChI=1S/C19H23N3O3/c1-18(2)9-13(19(3,4)21-18)15(23)14(20)10-22-16(24)11-7-5-6-8-12(11)17(22)25/h5-9,14,21H,10,20H2,1-4H3. The van der Waals surface area contributed by atoms with Gasteiger partial charge in [-0.2, -0.15) is 0 Å². The lowest BCUT2D eigenvalue weighted by molar-refractivity contribution is -0.117. The van der Waals surface area contributed by atoms with Crippen LogP contribution in [0.25, 0.3) is 0 Å². The largest absolute Gasteiger partial charge is 0.320 e. The molecule has 0 spiro atoms. The molecule has 1 aromatic carbocycles. The SMILES string of the molecule is CC1(C)C=C(C(=O)C(N)CN2C(=O)c3ccccc3C2=O)C(C)(C)N1. The van der Waals surface area contributed by atoms with E-state index < -0.39 is 23.4 Å². The van der Waals surface area contributed by atoms with Crippen molar-refractivity contribution in [1.29, 1.82) is 0 Å². The van der Waals surface area contributed by atoms with Gasteiger partial charge in [0.2, 0.25) is 0 Å². The summed E-state index contributed by atoms with van der Waals surface area (Å²) in [7, 11) is 0. The van der Waals surface area contributed by atoms with Gasteiger partial charge in [-0.25, -0.2) is 0 Å². The number of nitrogens with two attached hydrogens (primary N) is 1. The molecule has 3 rings (SSSR count). The maximum Gasteiger partial charge on any atom is 0.261 e. The lowest BCUT2D eigenvalue weighted by atomic mass is 9.90. The third kappa shape index (κ3) is 2.92. The van der Waals surface area contributed by atoms with E-state index in [1.54, 1.807) is 24.3 Å². The fourth-order valence-corrected chi connectivity index (χ4v) is 3.71. The normalized spacial score (nSPS) is 22.0. The zero-order valence-electron chi connectivity index (χ0n) is 14.9. The third-order valence-electron chi connectivity index (χ3n) is 4.67. The molecule has 0 aromatic heterocycles. The minimum Gasteiger partial charge on any atom is -0.320 e. The molecule has 3 N–H and O–H groups in total. The molecule has 2 amide bonds. The van der Waals surface area contributed by atoms with E-state index in [1.165, 1.54) is 0 Å². The molecule has 0 radical (unpaired) electrons. The topological polar surface area (TPSA) is 92.5 Å². The van der Waals surface area contributed by atoms with Crippen LogP contribution in [0.2, 0.25) is 0 Å². The lowest BCUT2D eigenvalue weighted by Gasteiger charge is -2.28. The number of nitrogens with zero attached hydrogens (tertiary/aromatic N) is 1. The lowest BCUT2D eigenvalue weighted by Crippen LogP contribution is -2.50. The number of hydrogen-bond acceptors (Lipinski definition) is 5. The Kier molecular flexibility index (Phi) is 3.93. The number of imide groups is 1. The van der Waals surface area contributed by atoms with E-state index in [2.05, 4.69) is 5.32 Å². The number of fused-ring (bicyclic) bond motifs is 1. The van der Waals surface area contributed by atoms with E-state index in [-0.39, 0.29) is 17.9 Å².